The first-order valence-corrected chi connectivity index (χ1v) is 8.08. The lowest BCUT2D eigenvalue weighted by Crippen LogP contribution is -2.26. The smallest absolute Gasteiger partial charge is 0.342 e. The van der Waals surface area contributed by atoms with Crippen molar-refractivity contribution in [3.8, 4) is 11.5 Å². The zero-order chi connectivity index (χ0) is 19.3. The summed E-state index contributed by atoms with van der Waals surface area (Å²) in [5, 5.41) is 20.0. The van der Waals surface area contributed by atoms with Gasteiger partial charge in [-0.15, -0.1) is 0 Å². The van der Waals surface area contributed by atoms with E-state index in [1.54, 1.807) is 12.2 Å². The van der Waals surface area contributed by atoms with E-state index in [2.05, 4.69) is 0 Å². The topological polar surface area (TPSA) is 93.1 Å². The Morgan fingerprint density at radius 2 is 2.04 bits per heavy atom. The third-order valence-electron chi connectivity index (χ3n) is 3.87. The molecule has 1 aliphatic rings. The van der Waals surface area contributed by atoms with E-state index in [4.69, 9.17) is 9.47 Å². The number of hydrogen-bond acceptors (Lipinski definition) is 6. The normalized spacial score (nSPS) is 27.0. The molecule has 1 heterocycles. The van der Waals surface area contributed by atoms with Crippen LogP contribution in [0.2, 0.25) is 0 Å². The van der Waals surface area contributed by atoms with Gasteiger partial charge in [0.2, 0.25) is 0 Å². The summed E-state index contributed by atoms with van der Waals surface area (Å²) in [5.74, 6) is -1.54. The van der Waals surface area contributed by atoms with Gasteiger partial charge in [0.05, 0.1) is 7.11 Å². The molecular formula is C19H21FO6. The van der Waals surface area contributed by atoms with Gasteiger partial charge in [-0.3, -0.25) is 4.79 Å². The molecule has 0 unspecified atom stereocenters. The number of fused-ring (bicyclic) bond motifs is 1. The van der Waals surface area contributed by atoms with Gasteiger partial charge < -0.3 is 19.7 Å². The van der Waals surface area contributed by atoms with Gasteiger partial charge in [-0.2, -0.15) is 0 Å². The molecule has 7 heteroatoms. The Kier molecular flexibility index (Phi) is 6.15. The SMILES string of the molecule is COc1cc(O)c2c(c1)/C=C/CC[C@H](O)C(=O)/C=C\[C@](C)(F)COC2=O. The third-order valence-corrected chi connectivity index (χ3v) is 3.87. The molecule has 0 radical (unpaired) electrons. The van der Waals surface area contributed by atoms with Crippen LogP contribution in [0.15, 0.2) is 30.4 Å². The Bertz CT molecular complexity index is 751. The van der Waals surface area contributed by atoms with E-state index in [0.29, 0.717) is 17.7 Å². The van der Waals surface area contributed by atoms with E-state index in [9.17, 15) is 24.2 Å². The summed E-state index contributed by atoms with van der Waals surface area (Å²) >= 11 is 0. The van der Waals surface area contributed by atoms with Crippen LogP contribution < -0.4 is 4.74 Å². The summed E-state index contributed by atoms with van der Waals surface area (Å²) in [4.78, 5) is 24.1. The lowest BCUT2D eigenvalue weighted by Gasteiger charge is -2.18. The monoisotopic (exact) mass is 364 g/mol. The van der Waals surface area contributed by atoms with Crippen molar-refractivity contribution in [2.24, 2.45) is 0 Å². The molecule has 2 rings (SSSR count). The van der Waals surface area contributed by atoms with Crippen LogP contribution in [0.1, 0.15) is 35.7 Å². The first-order chi connectivity index (χ1) is 12.2. The molecule has 1 aromatic rings. The first-order valence-electron chi connectivity index (χ1n) is 8.08. The molecule has 0 aromatic heterocycles. The summed E-state index contributed by atoms with van der Waals surface area (Å²) in [5.41, 5.74) is -1.90. The van der Waals surface area contributed by atoms with E-state index in [1.807, 2.05) is 0 Å². The highest BCUT2D eigenvalue weighted by Crippen LogP contribution is 2.30. The molecule has 0 fully saturated rings. The number of methoxy groups -OCH3 is 1. The number of ether oxygens (including phenoxy) is 2. The minimum atomic E-state index is -2.10. The Balaban J connectivity index is 2.44. The molecule has 0 amide bonds. The second kappa shape index (κ2) is 8.14. The third kappa shape index (κ3) is 4.92. The molecule has 2 atom stereocenters. The van der Waals surface area contributed by atoms with Crippen molar-refractivity contribution < 1.29 is 33.7 Å². The average molecular weight is 364 g/mol. The van der Waals surface area contributed by atoms with Crippen LogP contribution in [0.25, 0.3) is 6.08 Å². The Morgan fingerprint density at radius 1 is 1.31 bits per heavy atom. The Hall–Kier alpha value is -2.67. The molecule has 140 valence electrons. The Labute approximate surface area is 150 Å². The van der Waals surface area contributed by atoms with Crippen molar-refractivity contribution in [2.75, 3.05) is 13.7 Å². The van der Waals surface area contributed by atoms with Crippen molar-refractivity contribution in [1.82, 2.24) is 0 Å². The van der Waals surface area contributed by atoms with Gasteiger partial charge in [0.25, 0.3) is 0 Å². The summed E-state index contributed by atoms with van der Waals surface area (Å²) in [7, 11) is 1.41. The van der Waals surface area contributed by atoms with Crippen LogP contribution in [-0.4, -0.2) is 47.5 Å². The predicted molar refractivity (Wildman–Crippen MR) is 92.9 cm³/mol. The molecule has 0 saturated carbocycles. The number of halogens is 1. The number of ketones is 1. The summed E-state index contributed by atoms with van der Waals surface area (Å²) in [6, 6.07) is 2.78. The van der Waals surface area contributed by atoms with Gasteiger partial charge in [-0.25, -0.2) is 9.18 Å². The van der Waals surface area contributed by atoms with Crippen LogP contribution in [0.3, 0.4) is 0 Å². The number of aliphatic hydroxyl groups is 1. The number of phenolic OH excluding ortho intramolecular Hbond substituents is 1. The number of alkyl halides is 1. The maximum absolute atomic E-state index is 14.4. The molecule has 0 spiro atoms. The molecule has 1 aliphatic heterocycles. The highest BCUT2D eigenvalue weighted by molar-refractivity contribution is 5.97. The fraction of sp³-hybridized carbons (Fsp3) is 0.368. The molecule has 6 nitrogen and oxygen atoms in total. The number of phenols is 1. The predicted octanol–water partition coefficient (Wildman–Crippen LogP) is 2.58. The maximum atomic E-state index is 14.4. The number of carbonyl (C=O) groups is 2. The summed E-state index contributed by atoms with van der Waals surface area (Å²) in [6.45, 7) is 0.483. The number of rotatable bonds is 1. The van der Waals surface area contributed by atoms with E-state index in [0.717, 1.165) is 19.1 Å². The van der Waals surface area contributed by atoms with E-state index in [-0.39, 0.29) is 17.7 Å². The van der Waals surface area contributed by atoms with E-state index in [1.165, 1.54) is 19.2 Å². The van der Waals surface area contributed by atoms with Gasteiger partial charge >= 0.3 is 5.97 Å². The molecular weight excluding hydrogens is 343 g/mol. The number of aromatic hydroxyl groups is 1. The number of hydrogen-bond donors (Lipinski definition) is 2. The zero-order valence-electron chi connectivity index (χ0n) is 14.6. The fourth-order valence-electron chi connectivity index (χ4n) is 2.39. The fourth-order valence-corrected chi connectivity index (χ4v) is 2.39. The Morgan fingerprint density at radius 3 is 2.73 bits per heavy atom. The number of benzene rings is 1. The van der Waals surface area contributed by atoms with Gasteiger partial charge in [-0.05, 0) is 43.5 Å². The number of cyclic esters (lactones) is 1. The average Bonchev–Trinajstić information content (AvgIpc) is 2.60. The van der Waals surface area contributed by atoms with Crippen LogP contribution >= 0.6 is 0 Å². The van der Waals surface area contributed by atoms with Crippen LogP contribution in [0.5, 0.6) is 11.5 Å². The van der Waals surface area contributed by atoms with Crippen LogP contribution in [0, 0.1) is 0 Å². The lowest BCUT2D eigenvalue weighted by atomic mass is 10.0. The van der Waals surface area contributed by atoms with Crippen LogP contribution in [0.4, 0.5) is 4.39 Å². The van der Waals surface area contributed by atoms with Crippen molar-refractivity contribution in [3.05, 3.63) is 41.5 Å². The van der Waals surface area contributed by atoms with Crippen LogP contribution in [-0.2, 0) is 9.53 Å². The lowest BCUT2D eigenvalue weighted by molar-refractivity contribution is -0.122. The van der Waals surface area contributed by atoms with Crippen molar-refractivity contribution in [3.63, 3.8) is 0 Å². The molecule has 1 aromatic carbocycles. The molecule has 2 N–H and O–H groups in total. The minimum absolute atomic E-state index is 0.115. The molecule has 0 aliphatic carbocycles. The maximum Gasteiger partial charge on any atom is 0.342 e. The summed E-state index contributed by atoms with van der Waals surface area (Å²) in [6.07, 6.45) is 4.31. The summed E-state index contributed by atoms with van der Waals surface area (Å²) < 4.78 is 24.5. The largest absolute Gasteiger partial charge is 0.507 e. The van der Waals surface area contributed by atoms with Crippen molar-refractivity contribution in [2.45, 2.75) is 31.5 Å². The van der Waals surface area contributed by atoms with Crippen molar-refractivity contribution in [1.29, 1.82) is 0 Å². The van der Waals surface area contributed by atoms with Gasteiger partial charge in [0, 0.05) is 6.07 Å². The quantitative estimate of drug-likeness (QED) is 0.744. The second-order valence-corrected chi connectivity index (χ2v) is 6.20. The van der Waals surface area contributed by atoms with Gasteiger partial charge in [-0.1, -0.05) is 12.2 Å². The van der Waals surface area contributed by atoms with Gasteiger partial charge in [0.15, 0.2) is 11.5 Å². The first kappa shape index (κ1) is 19.7. The van der Waals surface area contributed by atoms with E-state index >= 15 is 0 Å². The van der Waals surface area contributed by atoms with Crippen molar-refractivity contribution >= 4 is 17.8 Å². The standard InChI is InChI=1S/C19H21FO6/c1-19(20)8-7-15(22)14(21)6-4-3-5-12-9-13(25-2)10-16(23)17(12)18(24)26-11-19/h3,5,7-10,14,21,23H,4,6,11H2,1-2H3/b5-3+,8-7-/t14-,19-/m0/s1. The number of aliphatic hydroxyl groups excluding tert-OH is 1. The highest BCUT2D eigenvalue weighted by Gasteiger charge is 2.26. The number of allylic oxidation sites excluding steroid dienone is 1. The number of carbonyl (C=O) groups excluding carboxylic acids is 2. The minimum Gasteiger partial charge on any atom is -0.507 e. The number of esters is 1. The van der Waals surface area contributed by atoms with E-state index < -0.39 is 30.1 Å². The second-order valence-electron chi connectivity index (χ2n) is 6.20. The van der Waals surface area contributed by atoms with Gasteiger partial charge in [0.1, 0.15) is 29.8 Å². The molecule has 0 saturated heterocycles. The molecule has 26 heavy (non-hydrogen) atoms. The molecule has 0 bridgehead atoms. The zero-order valence-corrected chi connectivity index (χ0v) is 14.6. The highest BCUT2D eigenvalue weighted by atomic mass is 19.1.